The Hall–Kier alpha value is -1.12. The van der Waals surface area contributed by atoms with Gasteiger partial charge in [0.1, 0.15) is 5.92 Å². The van der Waals surface area contributed by atoms with Crippen molar-refractivity contribution in [3.05, 3.63) is 20.8 Å². The molecule has 1 saturated heterocycles. The monoisotopic (exact) mass is 348 g/mol. The van der Waals surface area contributed by atoms with Crippen LogP contribution in [0.15, 0.2) is 15.9 Å². The van der Waals surface area contributed by atoms with Gasteiger partial charge in [-0.3, -0.25) is 4.79 Å². The van der Waals surface area contributed by atoms with Crippen LogP contribution in [0, 0.1) is 5.92 Å². The number of carboxylic acids is 1. The van der Waals surface area contributed by atoms with E-state index < -0.39 is 17.9 Å². The van der Waals surface area contributed by atoms with E-state index in [0.717, 1.165) is 8.66 Å². The lowest BCUT2D eigenvalue weighted by Gasteiger charge is -2.15. The molecule has 6 nitrogen and oxygen atoms in total. The zero-order valence-corrected chi connectivity index (χ0v) is 12.3. The van der Waals surface area contributed by atoms with E-state index in [1.54, 1.807) is 0 Å². The van der Waals surface area contributed by atoms with Gasteiger partial charge in [-0.1, -0.05) is 0 Å². The van der Waals surface area contributed by atoms with E-state index in [4.69, 9.17) is 9.84 Å². The topological polar surface area (TPSA) is 87.7 Å². The summed E-state index contributed by atoms with van der Waals surface area (Å²) in [5.41, 5.74) is 0. The first-order valence-electron chi connectivity index (χ1n) is 5.65. The maximum Gasteiger partial charge on any atom is 0.315 e. The lowest BCUT2D eigenvalue weighted by molar-refractivity contribution is -0.142. The van der Waals surface area contributed by atoms with Gasteiger partial charge in [-0.2, -0.15) is 0 Å². The Bertz CT molecular complexity index is 479. The molecule has 2 rings (SSSR count). The smallest absolute Gasteiger partial charge is 0.315 e. The number of hydrogen-bond donors (Lipinski definition) is 3. The van der Waals surface area contributed by atoms with Gasteiger partial charge in [0.2, 0.25) is 0 Å². The number of carbonyl (C=O) groups excluding carboxylic acids is 1. The highest BCUT2D eigenvalue weighted by atomic mass is 79.9. The van der Waals surface area contributed by atoms with Gasteiger partial charge < -0.3 is 20.5 Å². The summed E-state index contributed by atoms with van der Waals surface area (Å²) in [5.74, 6) is -1.63. The number of amides is 2. The molecular weight excluding hydrogens is 336 g/mol. The fourth-order valence-electron chi connectivity index (χ4n) is 1.77. The zero-order valence-electron chi connectivity index (χ0n) is 9.89. The van der Waals surface area contributed by atoms with Gasteiger partial charge in [0.25, 0.3) is 0 Å². The molecule has 0 bridgehead atoms. The summed E-state index contributed by atoms with van der Waals surface area (Å²) in [5, 5.41) is 14.3. The van der Waals surface area contributed by atoms with Crippen LogP contribution in [0.5, 0.6) is 0 Å². The Morgan fingerprint density at radius 2 is 2.26 bits per heavy atom. The lowest BCUT2D eigenvalue weighted by atomic mass is 10.0. The third-order valence-electron chi connectivity index (χ3n) is 2.77. The molecule has 0 aliphatic carbocycles. The van der Waals surface area contributed by atoms with E-state index in [1.165, 1.54) is 11.3 Å². The number of halogens is 1. The molecule has 8 heteroatoms. The Balaban J connectivity index is 1.79. The summed E-state index contributed by atoms with van der Waals surface area (Å²) in [6.07, 6.45) is 0. The maximum absolute atomic E-state index is 11.7. The highest BCUT2D eigenvalue weighted by Crippen LogP contribution is 2.21. The SMILES string of the molecule is O=C(NCc1ccc(Br)s1)NC1COCC1C(=O)O. The Kier molecular flexibility index (Phi) is 4.78. The predicted molar refractivity (Wildman–Crippen MR) is 73.1 cm³/mol. The van der Waals surface area contributed by atoms with Gasteiger partial charge in [-0.15, -0.1) is 11.3 Å². The maximum atomic E-state index is 11.7. The minimum atomic E-state index is -0.954. The molecule has 0 radical (unpaired) electrons. The number of nitrogens with one attached hydrogen (secondary N) is 2. The number of hydrogen-bond acceptors (Lipinski definition) is 4. The first-order chi connectivity index (χ1) is 9.06. The van der Waals surface area contributed by atoms with Gasteiger partial charge in [0.15, 0.2) is 0 Å². The highest BCUT2D eigenvalue weighted by molar-refractivity contribution is 9.11. The molecule has 0 saturated carbocycles. The van der Waals surface area contributed by atoms with Crippen LogP contribution < -0.4 is 10.6 Å². The number of thiophene rings is 1. The predicted octanol–water partition coefficient (Wildman–Crippen LogP) is 1.41. The van der Waals surface area contributed by atoms with Crippen LogP contribution in [-0.4, -0.2) is 36.4 Å². The number of urea groups is 1. The summed E-state index contributed by atoms with van der Waals surface area (Å²) in [7, 11) is 0. The van der Waals surface area contributed by atoms with Crippen molar-refractivity contribution in [2.45, 2.75) is 12.6 Å². The fraction of sp³-hybridized carbons (Fsp3) is 0.455. The van der Waals surface area contributed by atoms with Gasteiger partial charge in [-0.25, -0.2) is 4.79 Å². The number of carbonyl (C=O) groups is 2. The van der Waals surface area contributed by atoms with Crippen LogP contribution in [0.1, 0.15) is 4.88 Å². The van der Waals surface area contributed by atoms with Crippen LogP contribution in [0.3, 0.4) is 0 Å². The minimum Gasteiger partial charge on any atom is -0.481 e. The molecule has 104 valence electrons. The third-order valence-corrected chi connectivity index (χ3v) is 4.39. The Morgan fingerprint density at radius 3 is 2.89 bits per heavy atom. The summed E-state index contributed by atoms with van der Waals surface area (Å²) < 4.78 is 6.07. The van der Waals surface area contributed by atoms with Gasteiger partial charge in [0.05, 0.1) is 29.6 Å². The van der Waals surface area contributed by atoms with Crippen LogP contribution >= 0.6 is 27.3 Å². The van der Waals surface area contributed by atoms with Crippen molar-refractivity contribution in [1.29, 1.82) is 0 Å². The summed E-state index contributed by atoms with van der Waals surface area (Å²) in [4.78, 5) is 23.6. The van der Waals surface area contributed by atoms with Crippen LogP contribution in [0.25, 0.3) is 0 Å². The third kappa shape index (κ3) is 3.92. The molecule has 0 aromatic carbocycles. The minimum absolute atomic E-state index is 0.137. The molecule has 2 unspecified atom stereocenters. The number of rotatable bonds is 4. The molecule has 1 aliphatic heterocycles. The summed E-state index contributed by atoms with van der Waals surface area (Å²) in [6, 6.07) is 2.96. The lowest BCUT2D eigenvalue weighted by Crippen LogP contribution is -2.46. The van der Waals surface area contributed by atoms with Crippen molar-refractivity contribution in [2.24, 2.45) is 5.92 Å². The van der Waals surface area contributed by atoms with Crippen molar-refractivity contribution in [2.75, 3.05) is 13.2 Å². The molecular formula is C11H13BrN2O4S. The first kappa shape index (κ1) is 14.3. The van der Waals surface area contributed by atoms with E-state index in [1.807, 2.05) is 12.1 Å². The van der Waals surface area contributed by atoms with E-state index in [0.29, 0.717) is 6.54 Å². The molecule has 19 heavy (non-hydrogen) atoms. The first-order valence-corrected chi connectivity index (χ1v) is 7.26. The normalized spacial score (nSPS) is 22.2. The number of ether oxygens (including phenoxy) is 1. The fourth-order valence-corrected chi connectivity index (χ4v) is 3.20. The number of aliphatic carboxylic acids is 1. The van der Waals surface area contributed by atoms with Crippen LogP contribution in [-0.2, 0) is 16.1 Å². The highest BCUT2D eigenvalue weighted by Gasteiger charge is 2.34. The molecule has 1 aromatic rings. The van der Waals surface area contributed by atoms with E-state index in [-0.39, 0.29) is 19.2 Å². The van der Waals surface area contributed by atoms with Crippen molar-refractivity contribution in [3.63, 3.8) is 0 Å². The van der Waals surface area contributed by atoms with Crippen LogP contribution in [0.4, 0.5) is 4.79 Å². The molecule has 1 aliphatic rings. The second kappa shape index (κ2) is 6.36. The van der Waals surface area contributed by atoms with E-state index in [9.17, 15) is 9.59 Å². The molecule has 2 amide bonds. The molecule has 3 N–H and O–H groups in total. The second-order valence-electron chi connectivity index (χ2n) is 4.12. The largest absolute Gasteiger partial charge is 0.481 e. The summed E-state index contributed by atoms with van der Waals surface area (Å²) in [6.45, 7) is 0.778. The van der Waals surface area contributed by atoms with Gasteiger partial charge in [-0.05, 0) is 28.1 Å². The zero-order chi connectivity index (χ0) is 13.8. The quantitative estimate of drug-likeness (QED) is 0.767. The molecule has 1 fully saturated rings. The van der Waals surface area contributed by atoms with Crippen molar-refractivity contribution >= 4 is 39.3 Å². The average molecular weight is 349 g/mol. The molecule has 1 aromatic heterocycles. The molecule has 2 heterocycles. The van der Waals surface area contributed by atoms with Gasteiger partial charge >= 0.3 is 12.0 Å². The summed E-state index contributed by atoms with van der Waals surface area (Å²) >= 11 is 4.88. The molecule has 2 atom stereocenters. The Labute approximate surface area is 122 Å². The number of carboxylic acid groups (broad SMARTS) is 1. The van der Waals surface area contributed by atoms with Crippen LogP contribution in [0.2, 0.25) is 0 Å². The van der Waals surface area contributed by atoms with E-state index >= 15 is 0 Å². The second-order valence-corrected chi connectivity index (χ2v) is 6.67. The average Bonchev–Trinajstić information content (AvgIpc) is 2.95. The van der Waals surface area contributed by atoms with E-state index in [2.05, 4.69) is 26.6 Å². The Morgan fingerprint density at radius 1 is 1.47 bits per heavy atom. The van der Waals surface area contributed by atoms with Gasteiger partial charge in [0, 0.05) is 4.88 Å². The standard InChI is InChI=1S/C11H13BrN2O4S/c12-9-2-1-6(19-9)3-13-11(17)14-8-5-18-4-7(8)10(15)16/h1-2,7-8H,3-5H2,(H,15,16)(H2,13,14,17). The molecule has 0 spiro atoms. The van der Waals surface area contributed by atoms with Crippen molar-refractivity contribution in [1.82, 2.24) is 10.6 Å². The van der Waals surface area contributed by atoms with Crippen molar-refractivity contribution in [3.8, 4) is 0 Å². The van der Waals surface area contributed by atoms with Crippen molar-refractivity contribution < 1.29 is 19.4 Å².